The highest BCUT2D eigenvalue weighted by Crippen LogP contribution is 2.44. The molecule has 0 aliphatic carbocycles. The van der Waals surface area contributed by atoms with E-state index in [0.717, 1.165) is 11.0 Å². The molecule has 2 aromatic rings. The number of amides is 2. The summed E-state index contributed by atoms with van der Waals surface area (Å²) in [5.74, 6) is -1.96. The number of benzene rings is 2. The van der Waals surface area contributed by atoms with E-state index in [9.17, 15) is 18.4 Å². The second-order valence-electron chi connectivity index (χ2n) is 5.78. The van der Waals surface area contributed by atoms with Crippen LogP contribution in [0.2, 0.25) is 5.02 Å². The van der Waals surface area contributed by atoms with Crippen LogP contribution in [-0.2, 0) is 9.59 Å². The van der Waals surface area contributed by atoms with Crippen LogP contribution in [-0.4, -0.2) is 23.2 Å². The molecule has 0 saturated carbocycles. The van der Waals surface area contributed by atoms with E-state index in [-0.39, 0.29) is 27.7 Å². The molecule has 10 heteroatoms. The lowest BCUT2D eigenvalue weighted by molar-refractivity contribution is -0.286. The molecule has 0 radical (unpaired) electrons. The molecule has 2 aromatic carbocycles. The van der Waals surface area contributed by atoms with E-state index in [1.807, 2.05) is 0 Å². The molecule has 2 aliphatic rings. The van der Waals surface area contributed by atoms with Gasteiger partial charge < -0.3 is 9.47 Å². The Labute approximate surface area is 167 Å². The Bertz CT molecular complexity index is 1060. The summed E-state index contributed by atoms with van der Waals surface area (Å²) in [6, 6.07) is 10.4. The van der Waals surface area contributed by atoms with Gasteiger partial charge in [-0.1, -0.05) is 23.7 Å². The first-order chi connectivity index (χ1) is 13.2. The highest BCUT2D eigenvalue weighted by atomic mass is 35.5. The Morgan fingerprint density at radius 3 is 2.54 bits per heavy atom. The Morgan fingerprint density at radius 1 is 1.11 bits per heavy atom. The molecule has 6 nitrogen and oxygen atoms in total. The quantitative estimate of drug-likeness (QED) is 0.456. The fraction of sp³-hybridized carbons (Fsp3) is 0.0556. The van der Waals surface area contributed by atoms with Gasteiger partial charge in [-0.05, 0) is 48.6 Å². The molecular formula is C18H9ClF2N2O4S. The second-order valence-corrected chi connectivity index (χ2v) is 6.60. The predicted molar refractivity (Wildman–Crippen MR) is 100 cm³/mol. The molecule has 0 unspecified atom stereocenters. The van der Waals surface area contributed by atoms with Crippen LogP contribution in [0.4, 0.5) is 14.5 Å². The molecule has 0 atom stereocenters. The summed E-state index contributed by atoms with van der Waals surface area (Å²) in [5.41, 5.74) is 0.155. The van der Waals surface area contributed by atoms with Gasteiger partial charge in [-0.25, -0.2) is 0 Å². The van der Waals surface area contributed by atoms with E-state index >= 15 is 0 Å². The molecule has 2 heterocycles. The standard InChI is InChI=1S/C18H9ClF2N2O4S/c19-10-4-6-11(7-5-10)23-16(25)12(15(24)22-17(23)28)8-9-2-1-3-13-14(9)27-18(20,21)26-13/h1-8H,(H,22,24,28)/b12-8+. The number of rotatable bonds is 2. The molecule has 1 fully saturated rings. The zero-order valence-corrected chi connectivity index (χ0v) is 15.3. The summed E-state index contributed by atoms with van der Waals surface area (Å²) >= 11 is 10.9. The first-order valence-corrected chi connectivity index (χ1v) is 8.60. The van der Waals surface area contributed by atoms with Gasteiger partial charge in [0.25, 0.3) is 11.8 Å². The summed E-state index contributed by atoms with van der Waals surface area (Å²) in [4.78, 5) is 26.3. The summed E-state index contributed by atoms with van der Waals surface area (Å²) < 4.78 is 35.6. The van der Waals surface area contributed by atoms with E-state index in [4.69, 9.17) is 23.8 Å². The number of hydrogen-bond acceptors (Lipinski definition) is 5. The number of carbonyl (C=O) groups is 2. The number of para-hydroxylation sites is 1. The maximum absolute atomic E-state index is 13.4. The topological polar surface area (TPSA) is 67.9 Å². The first-order valence-electron chi connectivity index (χ1n) is 7.81. The zero-order valence-electron chi connectivity index (χ0n) is 13.7. The van der Waals surface area contributed by atoms with Crippen LogP contribution in [0.25, 0.3) is 6.08 Å². The molecule has 28 heavy (non-hydrogen) atoms. The summed E-state index contributed by atoms with van der Waals surface area (Å²) in [5, 5.41) is 2.75. The van der Waals surface area contributed by atoms with Gasteiger partial charge in [-0.2, -0.15) is 0 Å². The third-order valence-corrected chi connectivity index (χ3v) is 4.48. The number of ether oxygens (including phenoxy) is 2. The molecule has 1 N–H and O–H groups in total. The largest absolute Gasteiger partial charge is 0.586 e. The second kappa shape index (κ2) is 6.54. The van der Waals surface area contributed by atoms with Gasteiger partial charge in [-0.3, -0.25) is 19.8 Å². The van der Waals surface area contributed by atoms with Crippen LogP contribution in [0, 0.1) is 0 Å². The average molecular weight is 423 g/mol. The SMILES string of the molecule is O=C1NC(=S)N(c2ccc(Cl)cc2)C(=O)/C1=C/c1cccc2c1OC(F)(F)O2. The molecular weight excluding hydrogens is 414 g/mol. The number of carbonyl (C=O) groups excluding carboxylic acids is 2. The van der Waals surface area contributed by atoms with Crippen molar-refractivity contribution in [3.05, 3.63) is 58.6 Å². The van der Waals surface area contributed by atoms with Crippen molar-refractivity contribution in [3.8, 4) is 11.5 Å². The predicted octanol–water partition coefficient (Wildman–Crippen LogP) is 3.49. The van der Waals surface area contributed by atoms with Crippen LogP contribution >= 0.6 is 23.8 Å². The molecule has 0 spiro atoms. The van der Waals surface area contributed by atoms with Crippen LogP contribution in [0.3, 0.4) is 0 Å². The van der Waals surface area contributed by atoms with Crippen molar-refractivity contribution >= 4 is 52.5 Å². The number of fused-ring (bicyclic) bond motifs is 1. The van der Waals surface area contributed by atoms with E-state index in [1.54, 1.807) is 24.3 Å². The molecule has 2 amide bonds. The van der Waals surface area contributed by atoms with Crippen LogP contribution in [0.15, 0.2) is 48.0 Å². The van der Waals surface area contributed by atoms with Crippen molar-refractivity contribution in [3.63, 3.8) is 0 Å². The summed E-state index contributed by atoms with van der Waals surface area (Å²) in [7, 11) is 0. The maximum Gasteiger partial charge on any atom is 0.586 e. The fourth-order valence-corrected chi connectivity index (χ4v) is 3.15. The number of hydrogen-bond donors (Lipinski definition) is 1. The van der Waals surface area contributed by atoms with Gasteiger partial charge in [0.1, 0.15) is 5.57 Å². The first kappa shape index (κ1) is 18.3. The Balaban J connectivity index is 1.75. The number of halogens is 3. The monoisotopic (exact) mass is 422 g/mol. The fourth-order valence-electron chi connectivity index (χ4n) is 2.74. The van der Waals surface area contributed by atoms with Crippen molar-refractivity contribution in [2.24, 2.45) is 0 Å². The molecule has 4 rings (SSSR count). The Hall–Kier alpha value is -3.04. The third-order valence-electron chi connectivity index (χ3n) is 3.95. The molecule has 0 aromatic heterocycles. The van der Waals surface area contributed by atoms with Crippen molar-refractivity contribution in [1.82, 2.24) is 5.32 Å². The summed E-state index contributed by atoms with van der Waals surface area (Å²) in [6.45, 7) is 0. The molecule has 2 aliphatic heterocycles. The summed E-state index contributed by atoms with van der Waals surface area (Å²) in [6.07, 6.45) is -2.68. The smallest absolute Gasteiger partial charge is 0.395 e. The van der Waals surface area contributed by atoms with Gasteiger partial charge >= 0.3 is 6.29 Å². The maximum atomic E-state index is 13.4. The minimum absolute atomic E-state index is 0.0806. The highest BCUT2D eigenvalue weighted by Gasteiger charge is 2.44. The minimum Gasteiger partial charge on any atom is -0.395 e. The third kappa shape index (κ3) is 3.19. The van der Waals surface area contributed by atoms with Crippen molar-refractivity contribution in [2.75, 3.05) is 4.90 Å². The van der Waals surface area contributed by atoms with E-state index < -0.39 is 18.1 Å². The van der Waals surface area contributed by atoms with Gasteiger partial charge in [0.05, 0.1) is 5.69 Å². The number of alkyl halides is 2. The zero-order chi connectivity index (χ0) is 20.1. The normalized spacial score (nSPS) is 19.2. The van der Waals surface area contributed by atoms with Crippen LogP contribution < -0.4 is 19.7 Å². The van der Waals surface area contributed by atoms with Crippen LogP contribution in [0.1, 0.15) is 5.56 Å². The lowest BCUT2D eigenvalue weighted by atomic mass is 10.1. The van der Waals surface area contributed by atoms with E-state index in [1.165, 1.54) is 18.2 Å². The van der Waals surface area contributed by atoms with Gasteiger partial charge in [0.2, 0.25) is 0 Å². The lowest BCUT2D eigenvalue weighted by Gasteiger charge is -2.29. The Kier molecular flexibility index (Phi) is 4.28. The molecule has 1 saturated heterocycles. The van der Waals surface area contributed by atoms with Gasteiger partial charge in [0.15, 0.2) is 16.6 Å². The lowest BCUT2D eigenvalue weighted by Crippen LogP contribution is -2.54. The van der Waals surface area contributed by atoms with Crippen molar-refractivity contribution in [1.29, 1.82) is 0 Å². The average Bonchev–Trinajstić information content (AvgIpc) is 2.94. The van der Waals surface area contributed by atoms with Crippen molar-refractivity contribution in [2.45, 2.75) is 6.29 Å². The van der Waals surface area contributed by atoms with Gasteiger partial charge in [-0.15, -0.1) is 8.78 Å². The molecule has 142 valence electrons. The highest BCUT2D eigenvalue weighted by molar-refractivity contribution is 7.80. The van der Waals surface area contributed by atoms with E-state index in [0.29, 0.717) is 10.7 Å². The Morgan fingerprint density at radius 2 is 1.82 bits per heavy atom. The minimum atomic E-state index is -3.83. The number of nitrogens with zero attached hydrogens (tertiary/aromatic N) is 1. The van der Waals surface area contributed by atoms with Crippen LogP contribution in [0.5, 0.6) is 11.5 Å². The number of thiocarbonyl (C=S) groups is 1. The van der Waals surface area contributed by atoms with Gasteiger partial charge in [0, 0.05) is 10.6 Å². The van der Waals surface area contributed by atoms with Crippen molar-refractivity contribution < 1.29 is 27.8 Å². The molecule has 0 bridgehead atoms. The number of nitrogens with one attached hydrogen (secondary N) is 1. The number of anilines is 1. The van der Waals surface area contributed by atoms with E-state index in [2.05, 4.69) is 14.8 Å².